The predicted octanol–water partition coefficient (Wildman–Crippen LogP) is 3.84. The molecule has 0 radical (unpaired) electrons. The number of primary amides is 1. The second-order valence-electron chi connectivity index (χ2n) is 6.42. The number of alkyl halides is 1. The molecule has 1 heterocycles. The van der Waals surface area contributed by atoms with E-state index < -0.39 is 17.7 Å². The molecule has 3 N–H and O–H groups in total. The Balaban J connectivity index is 1.87. The highest BCUT2D eigenvalue weighted by atomic mass is 35.5. The van der Waals surface area contributed by atoms with Crippen LogP contribution in [0, 0.1) is 0 Å². The van der Waals surface area contributed by atoms with Crippen LogP contribution < -0.4 is 10.6 Å². The molecule has 9 heteroatoms. The van der Waals surface area contributed by atoms with E-state index in [2.05, 4.69) is 20.6 Å². The van der Waals surface area contributed by atoms with Crippen LogP contribution in [0.3, 0.4) is 0 Å². The van der Waals surface area contributed by atoms with Crippen LogP contribution >= 0.6 is 11.6 Å². The summed E-state index contributed by atoms with van der Waals surface area (Å²) in [5.74, 6) is -3.41. The number of aromatic amines is 1. The van der Waals surface area contributed by atoms with Crippen molar-refractivity contribution in [1.29, 1.82) is 0 Å². The number of tetrazole rings is 1. The van der Waals surface area contributed by atoms with E-state index in [0.29, 0.717) is 0 Å². The van der Waals surface area contributed by atoms with Gasteiger partial charge in [-0.15, -0.1) is 10.2 Å². The number of rotatable bonds is 4. The Morgan fingerprint density at radius 2 is 1.90 bits per heavy atom. The third-order valence-electron chi connectivity index (χ3n) is 4.68. The number of allylic oxidation sites excluding steroid dienone is 2. The van der Waals surface area contributed by atoms with E-state index >= 15 is 4.39 Å². The fraction of sp³-hybridized carbons (Fsp3) is 0.100. The molecule has 1 aliphatic carbocycles. The van der Waals surface area contributed by atoms with Gasteiger partial charge in [-0.3, -0.25) is 4.90 Å². The summed E-state index contributed by atoms with van der Waals surface area (Å²) in [6.45, 7) is 0. The first kappa shape index (κ1) is 18.8. The monoisotopic (exact) mass is 410 g/mol. The number of carbonyl (C=O) groups is 1. The summed E-state index contributed by atoms with van der Waals surface area (Å²) in [5, 5.41) is 13.9. The summed E-state index contributed by atoms with van der Waals surface area (Å²) >= 11 is 6.24. The summed E-state index contributed by atoms with van der Waals surface area (Å²) in [6, 6.07) is 14.8. The van der Waals surface area contributed by atoms with Crippen molar-refractivity contribution >= 4 is 28.9 Å². The van der Waals surface area contributed by atoms with Crippen LogP contribution in [0.1, 0.15) is 17.3 Å². The lowest BCUT2D eigenvalue weighted by atomic mass is 9.85. The Bertz CT molecular complexity index is 1090. The fourth-order valence-corrected chi connectivity index (χ4v) is 3.58. The lowest BCUT2D eigenvalue weighted by molar-refractivity contribution is 0.187. The van der Waals surface area contributed by atoms with E-state index in [1.807, 2.05) is 30.3 Å². The lowest BCUT2D eigenvalue weighted by Crippen LogP contribution is -2.54. The van der Waals surface area contributed by atoms with Crippen LogP contribution in [0.15, 0.2) is 72.8 Å². The number of nitrogens with one attached hydrogen (secondary N) is 1. The van der Waals surface area contributed by atoms with Crippen molar-refractivity contribution in [1.82, 2.24) is 20.6 Å². The van der Waals surface area contributed by atoms with Crippen molar-refractivity contribution in [2.24, 2.45) is 5.73 Å². The van der Waals surface area contributed by atoms with Crippen molar-refractivity contribution in [3.63, 3.8) is 0 Å². The number of amides is 2. The van der Waals surface area contributed by atoms with Gasteiger partial charge in [-0.25, -0.2) is 9.18 Å². The molecule has 2 atom stereocenters. The summed E-state index contributed by atoms with van der Waals surface area (Å²) in [4.78, 5) is 13.2. The van der Waals surface area contributed by atoms with E-state index in [0.717, 1.165) is 16.0 Å². The molecule has 0 bridgehead atoms. The van der Waals surface area contributed by atoms with Gasteiger partial charge in [-0.05, 0) is 29.3 Å². The van der Waals surface area contributed by atoms with Gasteiger partial charge >= 0.3 is 6.03 Å². The molecule has 146 valence electrons. The number of anilines is 1. The predicted molar refractivity (Wildman–Crippen MR) is 108 cm³/mol. The molecule has 2 aromatic carbocycles. The maximum Gasteiger partial charge on any atom is 0.322 e. The Morgan fingerprint density at radius 3 is 2.55 bits per heavy atom. The number of para-hydroxylation sites is 1. The zero-order valence-electron chi connectivity index (χ0n) is 15.0. The van der Waals surface area contributed by atoms with Crippen molar-refractivity contribution in [2.45, 2.75) is 11.7 Å². The van der Waals surface area contributed by atoms with Crippen molar-refractivity contribution in [3.05, 3.63) is 89.2 Å². The van der Waals surface area contributed by atoms with Gasteiger partial charge in [0.05, 0.1) is 16.6 Å². The second-order valence-corrected chi connectivity index (χ2v) is 6.83. The standard InChI is InChI=1S/C20H16ClFN6O/c21-16-8-4-5-9-17(16)28(19(23)29)20(22)11-10-14(13-6-2-1-3-7-13)12-15(20)18-24-26-27-25-18/h1-12,15H,(H2,23,29)(H,24,25,26,27). The third-order valence-corrected chi connectivity index (χ3v) is 5.00. The first-order valence-corrected chi connectivity index (χ1v) is 9.11. The first-order valence-electron chi connectivity index (χ1n) is 8.73. The molecule has 0 fully saturated rings. The van der Waals surface area contributed by atoms with Gasteiger partial charge < -0.3 is 5.73 Å². The van der Waals surface area contributed by atoms with Crippen molar-refractivity contribution in [3.8, 4) is 0 Å². The SMILES string of the molecule is NC(=O)N(c1ccccc1Cl)C1(F)C=CC(c2ccccc2)=CC1c1nn[nH]n1. The molecule has 7 nitrogen and oxygen atoms in total. The topological polar surface area (TPSA) is 101 Å². The number of H-pyrrole nitrogens is 1. The first-order chi connectivity index (χ1) is 14.0. The highest BCUT2D eigenvalue weighted by molar-refractivity contribution is 6.33. The molecule has 0 aliphatic heterocycles. The Kier molecular flexibility index (Phi) is 4.85. The zero-order chi connectivity index (χ0) is 20.4. The van der Waals surface area contributed by atoms with E-state index in [1.165, 1.54) is 12.1 Å². The van der Waals surface area contributed by atoms with Crippen LogP contribution in [0.25, 0.3) is 5.57 Å². The average Bonchev–Trinajstić information content (AvgIpc) is 3.25. The molecular formula is C20H16ClFN6O. The fourth-order valence-electron chi connectivity index (χ4n) is 3.36. The average molecular weight is 411 g/mol. The van der Waals surface area contributed by atoms with Gasteiger partial charge in [-0.2, -0.15) is 5.21 Å². The summed E-state index contributed by atoms with van der Waals surface area (Å²) < 4.78 is 16.6. The number of halogens is 2. The molecule has 29 heavy (non-hydrogen) atoms. The van der Waals surface area contributed by atoms with Crippen LogP contribution in [0.2, 0.25) is 5.02 Å². The van der Waals surface area contributed by atoms with E-state index in [-0.39, 0.29) is 16.5 Å². The van der Waals surface area contributed by atoms with Gasteiger partial charge in [0, 0.05) is 0 Å². The van der Waals surface area contributed by atoms with E-state index in [1.54, 1.807) is 30.4 Å². The van der Waals surface area contributed by atoms with Crippen LogP contribution in [0.5, 0.6) is 0 Å². The lowest BCUT2D eigenvalue weighted by Gasteiger charge is -2.39. The Labute approximate surface area is 170 Å². The van der Waals surface area contributed by atoms with Gasteiger partial charge in [0.25, 0.3) is 0 Å². The molecule has 0 spiro atoms. The van der Waals surface area contributed by atoms with Gasteiger partial charge in [0.2, 0.25) is 5.79 Å². The Hall–Kier alpha value is -3.52. The number of aromatic nitrogens is 4. The number of hydrogen-bond acceptors (Lipinski definition) is 4. The molecule has 2 amide bonds. The number of urea groups is 1. The number of benzene rings is 2. The molecule has 0 saturated carbocycles. The van der Waals surface area contributed by atoms with E-state index in [9.17, 15) is 4.79 Å². The van der Waals surface area contributed by atoms with Crippen LogP contribution in [-0.4, -0.2) is 32.4 Å². The number of hydrogen-bond donors (Lipinski definition) is 2. The maximum atomic E-state index is 16.6. The van der Waals surface area contributed by atoms with Gasteiger partial charge in [0.1, 0.15) is 0 Å². The molecule has 4 rings (SSSR count). The van der Waals surface area contributed by atoms with E-state index in [4.69, 9.17) is 17.3 Å². The van der Waals surface area contributed by atoms with Gasteiger partial charge in [0.15, 0.2) is 5.82 Å². The van der Waals surface area contributed by atoms with Crippen LogP contribution in [-0.2, 0) is 0 Å². The van der Waals surface area contributed by atoms with Crippen molar-refractivity contribution in [2.75, 3.05) is 4.90 Å². The zero-order valence-corrected chi connectivity index (χ0v) is 15.8. The minimum absolute atomic E-state index is 0.0728. The summed E-state index contributed by atoms with van der Waals surface area (Å²) in [6.07, 6.45) is 4.51. The number of carbonyl (C=O) groups excluding carboxylic acids is 1. The minimum atomic E-state index is -2.40. The molecule has 0 saturated heterocycles. The summed E-state index contributed by atoms with van der Waals surface area (Å²) in [7, 11) is 0. The second kappa shape index (κ2) is 7.48. The molecule has 2 unspecified atom stereocenters. The van der Waals surface area contributed by atoms with Gasteiger partial charge in [-0.1, -0.05) is 71.4 Å². The smallest absolute Gasteiger partial charge is 0.322 e. The van der Waals surface area contributed by atoms with Crippen molar-refractivity contribution < 1.29 is 9.18 Å². The molecule has 1 aromatic heterocycles. The van der Waals surface area contributed by atoms with Crippen LogP contribution in [0.4, 0.5) is 14.9 Å². The number of nitrogens with zero attached hydrogens (tertiary/aromatic N) is 4. The molecule has 3 aromatic rings. The Morgan fingerprint density at radius 1 is 1.17 bits per heavy atom. The molecule has 1 aliphatic rings. The highest BCUT2D eigenvalue weighted by Gasteiger charge is 2.49. The maximum absolute atomic E-state index is 16.6. The quantitative estimate of drug-likeness (QED) is 0.638. The summed E-state index contributed by atoms with van der Waals surface area (Å²) in [5.41, 5.74) is 7.35. The highest BCUT2D eigenvalue weighted by Crippen LogP contribution is 2.44. The third kappa shape index (κ3) is 3.38. The molecular weight excluding hydrogens is 395 g/mol. The largest absolute Gasteiger partial charge is 0.351 e. The normalized spacial score (nSPS) is 20.9. The minimum Gasteiger partial charge on any atom is -0.351 e. The number of nitrogens with two attached hydrogens (primary N) is 1.